The van der Waals surface area contributed by atoms with Crippen LogP contribution in [0.2, 0.25) is 0 Å². The number of aromatic nitrogens is 2. The second-order valence-electron chi connectivity index (χ2n) is 7.71. The van der Waals surface area contributed by atoms with Crippen LogP contribution < -0.4 is 16.2 Å². The number of rotatable bonds is 7. The summed E-state index contributed by atoms with van der Waals surface area (Å²) in [5, 5.41) is 5.67. The molecular formula is C24H28N4O3. The Morgan fingerprint density at radius 2 is 1.71 bits per heavy atom. The van der Waals surface area contributed by atoms with Crippen molar-refractivity contribution in [3.05, 3.63) is 69.1 Å². The minimum atomic E-state index is -0.351. The average Bonchev–Trinajstić information content (AvgIpc) is 2.71. The van der Waals surface area contributed by atoms with Crippen LogP contribution in [-0.4, -0.2) is 27.9 Å². The molecule has 0 spiro atoms. The molecular weight excluding hydrogens is 392 g/mol. The zero-order chi connectivity index (χ0) is 22.5. The van der Waals surface area contributed by atoms with E-state index in [1.165, 1.54) is 4.57 Å². The first-order chi connectivity index (χ1) is 14.8. The van der Waals surface area contributed by atoms with Crippen LogP contribution in [-0.2, 0) is 22.6 Å². The standard InChI is InChI=1S/C24H28N4O3/c1-5-25-21(29)11-10-19-24(31)28(20-9-7-6-8-18(20)26-19)14-22(30)27-23-16(3)12-15(2)13-17(23)4/h6-9,12-13H,5,10-11,14H2,1-4H3,(H,25,29)(H,27,30). The van der Waals surface area contributed by atoms with Gasteiger partial charge >= 0.3 is 0 Å². The molecule has 0 saturated carbocycles. The number of anilines is 1. The first-order valence-electron chi connectivity index (χ1n) is 10.4. The molecule has 0 saturated heterocycles. The summed E-state index contributed by atoms with van der Waals surface area (Å²) in [7, 11) is 0. The molecule has 0 unspecified atom stereocenters. The van der Waals surface area contributed by atoms with Crippen molar-refractivity contribution in [3.8, 4) is 0 Å². The van der Waals surface area contributed by atoms with Gasteiger partial charge in [0.05, 0.1) is 11.0 Å². The van der Waals surface area contributed by atoms with E-state index in [4.69, 9.17) is 0 Å². The number of carbonyl (C=O) groups excluding carboxylic acids is 2. The van der Waals surface area contributed by atoms with E-state index in [1.54, 1.807) is 18.2 Å². The molecule has 7 heteroatoms. The van der Waals surface area contributed by atoms with E-state index in [2.05, 4.69) is 15.6 Å². The number of fused-ring (bicyclic) bond motifs is 1. The van der Waals surface area contributed by atoms with E-state index < -0.39 is 0 Å². The lowest BCUT2D eigenvalue weighted by molar-refractivity contribution is -0.121. The number of aryl methyl sites for hydroxylation is 4. The van der Waals surface area contributed by atoms with Crippen molar-refractivity contribution in [1.29, 1.82) is 0 Å². The van der Waals surface area contributed by atoms with Gasteiger partial charge in [-0.1, -0.05) is 29.8 Å². The van der Waals surface area contributed by atoms with Crippen LogP contribution in [0.15, 0.2) is 41.2 Å². The maximum Gasteiger partial charge on any atom is 0.273 e. The summed E-state index contributed by atoms with van der Waals surface area (Å²) in [6, 6.07) is 11.2. The van der Waals surface area contributed by atoms with Crippen molar-refractivity contribution in [1.82, 2.24) is 14.9 Å². The summed E-state index contributed by atoms with van der Waals surface area (Å²) >= 11 is 0. The molecule has 2 amide bonds. The van der Waals surface area contributed by atoms with Gasteiger partial charge in [-0.3, -0.25) is 19.0 Å². The number of nitrogens with zero attached hydrogens (tertiary/aromatic N) is 2. The fourth-order valence-corrected chi connectivity index (χ4v) is 3.78. The first kappa shape index (κ1) is 22.2. The third-order valence-corrected chi connectivity index (χ3v) is 5.13. The van der Waals surface area contributed by atoms with Crippen molar-refractivity contribution < 1.29 is 9.59 Å². The second-order valence-corrected chi connectivity index (χ2v) is 7.71. The molecule has 1 heterocycles. The maximum absolute atomic E-state index is 13.1. The van der Waals surface area contributed by atoms with E-state index in [1.807, 2.05) is 45.9 Å². The van der Waals surface area contributed by atoms with Gasteiger partial charge in [-0.25, -0.2) is 4.98 Å². The fourth-order valence-electron chi connectivity index (χ4n) is 3.78. The van der Waals surface area contributed by atoms with Crippen LogP contribution in [0.4, 0.5) is 5.69 Å². The topological polar surface area (TPSA) is 93.1 Å². The highest BCUT2D eigenvalue weighted by molar-refractivity contribution is 5.93. The molecule has 0 fully saturated rings. The smallest absolute Gasteiger partial charge is 0.273 e. The lowest BCUT2D eigenvalue weighted by Gasteiger charge is -2.15. The molecule has 0 aliphatic heterocycles. The minimum Gasteiger partial charge on any atom is -0.356 e. The highest BCUT2D eigenvalue weighted by Crippen LogP contribution is 2.22. The van der Waals surface area contributed by atoms with Crippen LogP contribution >= 0.6 is 0 Å². The summed E-state index contributed by atoms with van der Waals surface area (Å²) in [5.74, 6) is -0.422. The Labute approximate surface area is 181 Å². The van der Waals surface area contributed by atoms with Gasteiger partial charge in [0.2, 0.25) is 11.8 Å². The van der Waals surface area contributed by atoms with E-state index in [0.29, 0.717) is 17.6 Å². The molecule has 31 heavy (non-hydrogen) atoms. The first-order valence-corrected chi connectivity index (χ1v) is 10.4. The van der Waals surface area contributed by atoms with Gasteiger partial charge in [-0.05, 0) is 51.0 Å². The molecule has 162 valence electrons. The second kappa shape index (κ2) is 9.55. The zero-order valence-corrected chi connectivity index (χ0v) is 18.4. The maximum atomic E-state index is 13.1. The van der Waals surface area contributed by atoms with Crippen molar-refractivity contribution in [2.75, 3.05) is 11.9 Å². The predicted molar refractivity (Wildman–Crippen MR) is 122 cm³/mol. The summed E-state index contributed by atoms with van der Waals surface area (Å²) in [4.78, 5) is 42.3. The van der Waals surface area contributed by atoms with Gasteiger partial charge in [0.1, 0.15) is 12.2 Å². The molecule has 2 aromatic carbocycles. The van der Waals surface area contributed by atoms with Crippen LogP contribution in [0.3, 0.4) is 0 Å². The summed E-state index contributed by atoms with van der Waals surface area (Å²) in [6.07, 6.45) is 0.385. The van der Waals surface area contributed by atoms with Crippen molar-refractivity contribution in [3.63, 3.8) is 0 Å². The molecule has 0 radical (unpaired) electrons. The Hall–Kier alpha value is -3.48. The van der Waals surface area contributed by atoms with Crippen LogP contribution in [0, 0.1) is 20.8 Å². The van der Waals surface area contributed by atoms with Crippen molar-refractivity contribution in [2.45, 2.75) is 47.1 Å². The van der Waals surface area contributed by atoms with E-state index >= 15 is 0 Å². The fraction of sp³-hybridized carbons (Fsp3) is 0.333. The van der Waals surface area contributed by atoms with E-state index in [0.717, 1.165) is 22.4 Å². The molecule has 1 aromatic heterocycles. The summed E-state index contributed by atoms with van der Waals surface area (Å²) < 4.78 is 1.43. The molecule has 2 N–H and O–H groups in total. The third-order valence-electron chi connectivity index (χ3n) is 5.13. The lowest BCUT2D eigenvalue weighted by atomic mass is 10.1. The Morgan fingerprint density at radius 3 is 2.39 bits per heavy atom. The van der Waals surface area contributed by atoms with E-state index in [-0.39, 0.29) is 42.5 Å². The number of carbonyl (C=O) groups is 2. The predicted octanol–water partition coefficient (Wildman–Crippen LogP) is 3.03. The Morgan fingerprint density at radius 1 is 1.03 bits per heavy atom. The van der Waals surface area contributed by atoms with Gasteiger partial charge in [-0.2, -0.15) is 0 Å². The average molecular weight is 421 g/mol. The number of nitrogens with one attached hydrogen (secondary N) is 2. The van der Waals surface area contributed by atoms with Crippen LogP contribution in [0.5, 0.6) is 0 Å². The Bertz CT molecular complexity index is 1170. The van der Waals surface area contributed by atoms with Gasteiger partial charge in [0, 0.05) is 25.1 Å². The molecule has 7 nitrogen and oxygen atoms in total. The quantitative estimate of drug-likeness (QED) is 0.614. The van der Waals surface area contributed by atoms with Gasteiger partial charge < -0.3 is 10.6 Å². The SMILES string of the molecule is CCNC(=O)CCc1nc2ccccc2n(CC(=O)Nc2c(C)cc(C)cc2C)c1=O. The number of para-hydroxylation sites is 2. The Balaban J connectivity index is 1.92. The highest BCUT2D eigenvalue weighted by Gasteiger charge is 2.16. The van der Waals surface area contributed by atoms with Crippen molar-refractivity contribution in [2.24, 2.45) is 0 Å². The molecule has 0 aliphatic carbocycles. The van der Waals surface area contributed by atoms with Gasteiger partial charge in [0.25, 0.3) is 5.56 Å². The monoisotopic (exact) mass is 420 g/mol. The summed E-state index contributed by atoms with van der Waals surface area (Å²) in [6.45, 7) is 8.15. The van der Waals surface area contributed by atoms with Gasteiger partial charge in [-0.15, -0.1) is 0 Å². The van der Waals surface area contributed by atoms with Crippen molar-refractivity contribution >= 4 is 28.5 Å². The number of hydrogen-bond acceptors (Lipinski definition) is 4. The van der Waals surface area contributed by atoms with E-state index in [9.17, 15) is 14.4 Å². The zero-order valence-electron chi connectivity index (χ0n) is 18.4. The molecule has 3 rings (SSSR count). The largest absolute Gasteiger partial charge is 0.356 e. The molecule has 0 bridgehead atoms. The van der Waals surface area contributed by atoms with Gasteiger partial charge in [0.15, 0.2) is 0 Å². The Kier molecular flexibility index (Phi) is 6.84. The third kappa shape index (κ3) is 5.17. The van der Waals surface area contributed by atoms with Crippen LogP contribution in [0.1, 0.15) is 35.7 Å². The lowest BCUT2D eigenvalue weighted by Crippen LogP contribution is -2.32. The number of amides is 2. The minimum absolute atomic E-state index is 0.133. The summed E-state index contributed by atoms with van der Waals surface area (Å²) in [5.41, 5.74) is 4.96. The number of hydrogen-bond donors (Lipinski definition) is 2. The van der Waals surface area contributed by atoms with Crippen LogP contribution in [0.25, 0.3) is 11.0 Å². The highest BCUT2D eigenvalue weighted by atomic mass is 16.2. The molecule has 3 aromatic rings. The molecule has 0 atom stereocenters. The normalized spacial score (nSPS) is 10.8. The molecule has 0 aliphatic rings. The number of benzene rings is 2.